The van der Waals surface area contributed by atoms with Gasteiger partial charge in [0.1, 0.15) is 5.60 Å². The Morgan fingerprint density at radius 1 is 1.53 bits per heavy atom. The highest BCUT2D eigenvalue weighted by molar-refractivity contribution is 5.78. The van der Waals surface area contributed by atoms with E-state index >= 15 is 0 Å². The van der Waals surface area contributed by atoms with Crippen LogP contribution in [0.15, 0.2) is 0 Å². The van der Waals surface area contributed by atoms with E-state index in [4.69, 9.17) is 4.74 Å². The van der Waals surface area contributed by atoms with Crippen LogP contribution < -0.4 is 10.6 Å². The largest absolute Gasteiger partial charge is 0.385 e. The SMILES string of the molecule is CC1OCCC1(O)CNC(=O)CN1CCCNCC1. The average molecular weight is 271 g/mol. The van der Waals surface area contributed by atoms with E-state index in [1.165, 1.54) is 0 Å². The van der Waals surface area contributed by atoms with Gasteiger partial charge < -0.3 is 20.5 Å². The van der Waals surface area contributed by atoms with Crippen molar-refractivity contribution in [2.24, 2.45) is 0 Å². The number of ether oxygens (including phenoxy) is 1. The molecule has 2 aliphatic rings. The molecule has 0 aromatic heterocycles. The summed E-state index contributed by atoms with van der Waals surface area (Å²) in [6.45, 7) is 6.90. The van der Waals surface area contributed by atoms with Crippen molar-refractivity contribution in [3.63, 3.8) is 0 Å². The van der Waals surface area contributed by atoms with Crippen molar-refractivity contribution >= 4 is 5.91 Å². The highest BCUT2D eigenvalue weighted by Crippen LogP contribution is 2.24. The van der Waals surface area contributed by atoms with Gasteiger partial charge in [0.15, 0.2) is 0 Å². The summed E-state index contributed by atoms with van der Waals surface area (Å²) < 4.78 is 5.35. The highest BCUT2D eigenvalue weighted by atomic mass is 16.5. The molecule has 0 spiro atoms. The maximum absolute atomic E-state index is 11.9. The van der Waals surface area contributed by atoms with Crippen LogP contribution in [0, 0.1) is 0 Å². The number of nitrogens with zero attached hydrogens (tertiary/aromatic N) is 1. The lowest BCUT2D eigenvalue weighted by molar-refractivity contribution is -0.124. The molecule has 110 valence electrons. The van der Waals surface area contributed by atoms with E-state index in [-0.39, 0.29) is 18.6 Å². The van der Waals surface area contributed by atoms with E-state index in [2.05, 4.69) is 15.5 Å². The molecule has 2 aliphatic heterocycles. The van der Waals surface area contributed by atoms with Gasteiger partial charge in [-0.25, -0.2) is 0 Å². The Kier molecular flexibility index (Phi) is 5.15. The van der Waals surface area contributed by atoms with Crippen LogP contribution in [0.2, 0.25) is 0 Å². The third-order valence-corrected chi connectivity index (χ3v) is 4.05. The fraction of sp³-hybridized carbons (Fsp3) is 0.923. The summed E-state index contributed by atoms with van der Waals surface area (Å²) in [5.74, 6) is -0.0191. The Labute approximate surface area is 114 Å². The summed E-state index contributed by atoms with van der Waals surface area (Å²) in [6, 6.07) is 0. The second kappa shape index (κ2) is 6.65. The van der Waals surface area contributed by atoms with Gasteiger partial charge in [-0.2, -0.15) is 0 Å². The average Bonchev–Trinajstić information content (AvgIpc) is 2.58. The molecule has 2 rings (SSSR count). The molecule has 0 bridgehead atoms. The lowest BCUT2D eigenvalue weighted by Gasteiger charge is -2.27. The number of hydrogen-bond donors (Lipinski definition) is 3. The summed E-state index contributed by atoms with van der Waals surface area (Å²) in [4.78, 5) is 14.1. The third kappa shape index (κ3) is 4.14. The molecule has 3 N–H and O–H groups in total. The van der Waals surface area contributed by atoms with Crippen molar-refractivity contribution in [3.8, 4) is 0 Å². The monoisotopic (exact) mass is 271 g/mol. The molecule has 0 saturated carbocycles. The van der Waals surface area contributed by atoms with Crippen LogP contribution in [-0.2, 0) is 9.53 Å². The van der Waals surface area contributed by atoms with Crippen LogP contribution >= 0.6 is 0 Å². The summed E-state index contributed by atoms with van der Waals surface area (Å²) in [7, 11) is 0. The van der Waals surface area contributed by atoms with Crippen LogP contribution in [0.3, 0.4) is 0 Å². The molecule has 1 amide bonds. The Morgan fingerprint density at radius 3 is 3.11 bits per heavy atom. The maximum atomic E-state index is 11.9. The van der Waals surface area contributed by atoms with Crippen molar-refractivity contribution in [2.75, 3.05) is 45.9 Å². The molecule has 2 saturated heterocycles. The molecular weight excluding hydrogens is 246 g/mol. The quantitative estimate of drug-likeness (QED) is 0.608. The number of carbonyl (C=O) groups excluding carboxylic acids is 1. The van der Waals surface area contributed by atoms with Crippen LogP contribution in [0.4, 0.5) is 0 Å². The summed E-state index contributed by atoms with van der Waals surface area (Å²) in [5, 5.41) is 16.4. The fourth-order valence-electron chi connectivity index (χ4n) is 2.57. The number of aliphatic hydroxyl groups is 1. The first-order valence-corrected chi connectivity index (χ1v) is 7.14. The zero-order valence-electron chi connectivity index (χ0n) is 11.7. The lowest BCUT2D eigenvalue weighted by Crippen LogP contribution is -2.49. The minimum absolute atomic E-state index is 0.0191. The first-order valence-electron chi connectivity index (χ1n) is 7.14. The third-order valence-electron chi connectivity index (χ3n) is 4.05. The first kappa shape index (κ1) is 14.7. The van der Waals surface area contributed by atoms with Gasteiger partial charge in [0, 0.05) is 32.7 Å². The highest BCUT2D eigenvalue weighted by Gasteiger charge is 2.39. The van der Waals surface area contributed by atoms with Gasteiger partial charge in [-0.15, -0.1) is 0 Å². The van der Waals surface area contributed by atoms with Gasteiger partial charge in [0.05, 0.1) is 12.6 Å². The van der Waals surface area contributed by atoms with E-state index in [9.17, 15) is 9.90 Å². The van der Waals surface area contributed by atoms with Crippen LogP contribution in [-0.4, -0.2) is 73.5 Å². The predicted molar refractivity (Wildman–Crippen MR) is 71.9 cm³/mol. The van der Waals surface area contributed by atoms with E-state index < -0.39 is 5.60 Å². The zero-order valence-corrected chi connectivity index (χ0v) is 11.7. The molecule has 6 heteroatoms. The standard InChI is InChI=1S/C13H25N3O3/c1-11-13(18,3-8-19-11)10-15-12(17)9-16-6-2-4-14-5-7-16/h11,14,18H,2-10H2,1H3,(H,15,17). The summed E-state index contributed by atoms with van der Waals surface area (Å²) >= 11 is 0. The molecule has 2 unspecified atom stereocenters. The number of hydrogen-bond acceptors (Lipinski definition) is 5. The maximum Gasteiger partial charge on any atom is 0.234 e. The molecular formula is C13H25N3O3. The molecule has 2 heterocycles. The molecule has 6 nitrogen and oxygen atoms in total. The van der Waals surface area contributed by atoms with Crippen molar-refractivity contribution in [1.82, 2.24) is 15.5 Å². The van der Waals surface area contributed by atoms with E-state index in [1.807, 2.05) is 6.92 Å². The number of rotatable bonds is 4. The second-order valence-corrected chi connectivity index (χ2v) is 5.52. The van der Waals surface area contributed by atoms with E-state index in [0.717, 1.165) is 32.6 Å². The van der Waals surface area contributed by atoms with E-state index in [0.29, 0.717) is 19.6 Å². The van der Waals surface area contributed by atoms with Gasteiger partial charge in [0.25, 0.3) is 0 Å². The molecule has 2 atom stereocenters. The van der Waals surface area contributed by atoms with Crippen molar-refractivity contribution < 1.29 is 14.6 Å². The second-order valence-electron chi connectivity index (χ2n) is 5.52. The van der Waals surface area contributed by atoms with Crippen LogP contribution in [0.25, 0.3) is 0 Å². The fourth-order valence-corrected chi connectivity index (χ4v) is 2.57. The Balaban J connectivity index is 1.72. The van der Waals surface area contributed by atoms with Gasteiger partial charge in [-0.3, -0.25) is 9.69 Å². The van der Waals surface area contributed by atoms with Crippen molar-refractivity contribution in [3.05, 3.63) is 0 Å². The molecule has 0 aromatic rings. The van der Waals surface area contributed by atoms with Crippen molar-refractivity contribution in [2.45, 2.75) is 31.5 Å². The van der Waals surface area contributed by atoms with Crippen molar-refractivity contribution in [1.29, 1.82) is 0 Å². The molecule has 0 aliphatic carbocycles. The number of nitrogens with one attached hydrogen (secondary N) is 2. The van der Waals surface area contributed by atoms with E-state index in [1.54, 1.807) is 0 Å². The number of amides is 1. The molecule has 19 heavy (non-hydrogen) atoms. The smallest absolute Gasteiger partial charge is 0.234 e. The lowest BCUT2D eigenvalue weighted by atomic mass is 9.97. The van der Waals surface area contributed by atoms with Gasteiger partial charge in [0.2, 0.25) is 5.91 Å². The first-order chi connectivity index (χ1) is 9.10. The molecule has 2 fully saturated rings. The zero-order chi connectivity index (χ0) is 13.7. The topological polar surface area (TPSA) is 73.8 Å². The van der Waals surface area contributed by atoms with Gasteiger partial charge >= 0.3 is 0 Å². The molecule has 0 radical (unpaired) electrons. The Morgan fingerprint density at radius 2 is 2.37 bits per heavy atom. The van der Waals surface area contributed by atoms with Crippen LogP contribution in [0.1, 0.15) is 19.8 Å². The van der Waals surface area contributed by atoms with Crippen LogP contribution in [0.5, 0.6) is 0 Å². The predicted octanol–water partition coefficient (Wildman–Crippen LogP) is -1.06. The normalized spacial score (nSPS) is 33.1. The summed E-state index contributed by atoms with van der Waals surface area (Å²) in [6.07, 6.45) is 1.44. The van der Waals surface area contributed by atoms with Gasteiger partial charge in [-0.05, 0) is 26.4 Å². The number of carbonyl (C=O) groups is 1. The Hall–Kier alpha value is -0.690. The minimum Gasteiger partial charge on any atom is -0.385 e. The van der Waals surface area contributed by atoms with Gasteiger partial charge in [-0.1, -0.05) is 0 Å². The molecule has 0 aromatic carbocycles. The Bertz CT molecular complexity index is 306. The summed E-state index contributed by atoms with van der Waals surface area (Å²) in [5.41, 5.74) is -0.907. The minimum atomic E-state index is -0.907.